The molecule has 37 heavy (non-hydrogen) atoms. The van der Waals surface area contributed by atoms with Gasteiger partial charge in [0.1, 0.15) is 5.75 Å². The highest BCUT2D eigenvalue weighted by molar-refractivity contribution is 7.88. The molecule has 0 saturated carbocycles. The van der Waals surface area contributed by atoms with E-state index in [9.17, 15) is 26.8 Å². The van der Waals surface area contributed by atoms with Crippen LogP contribution in [0.4, 0.5) is 8.78 Å². The largest absolute Gasteiger partial charge is 0.434 e. The Balaban J connectivity index is 1.57. The Labute approximate surface area is 213 Å². The van der Waals surface area contributed by atoms with Crippen molar-refractivity contribution in [2.45, 2.75) is 46.4 Å². The Morgan fingerprint density at radius 1 is 1.22 bits per heavy atom. The lowest BCUT2D eigenvalue weighted by Crippen LogP contribution is -2.38. The summed E-state index contributed by atoms with van der Waals surface area (Å²) in [5, 5.41) is 3.42. The van der Waals surface area contributed by atoms with Crippen LogP contribution in [0.2, 0.25) is 0 Å². The first-order valence-electron chi connectivity index (χ1n) is 11.9. The molecule has 0 spiro atoms. The van der Waals surface area contributed by atoms with Crippen molar-refractivity contribution >= 4 is 26.8 Å². The average Bonchev–Trinajstić information content (AvgIpc) is 3.09. The second kappa shape index (κ2) is 10.6. The third kappa shape index (κ3) is 5.85. The van der Waals surface area contributed by atoms with E-state index in [1.165, 1.54) is 16.6 Å². The van der Waals surface area contributed by atoms with Gasteiger partial charge in [-0.2, -0.15) is 8.78 Å². The molecule has 0 radical (unpaired) electrons. The number of aromatic amines is 1. The molecule has 1 aliphatic rings. The number of nitrogens with zero attached hydrogens (tertiary/aromatic N) is 2. The normalized spacial score (nSPS) is 15.4. The lowest BCUT2D eigenvalue weighted by atomic mass is 9.98. The Morgan fingerprint density at radius 3 is 2.54 bits per heavy atom. The number of fused-ring (bicyclic) bond motifs is 1. The van der Waals surface area contributed by atoms with Gasteiger partial charge in [-0.1, -0.05) is 18.2 Å². The number of piperidine rings is 1. The van der Waals surface area contributed by atoms with Crippen molar-refractivity contribution in [1.29, 1.82) is 0 Å². The molecule has 1 aromatic carbocycles. The van der Waals surface area contributed by atoms with Crippen molar-refractivity contribution in [2.24, 2.45) is 5.92 Å². The molecule has 0 bridgehead atoms. The number of halogens is 2. The summed E-state index contributed by atoms with van der Waals surface area (Å²) in [6, 6.07) is 8.76. The van der Waals surface area contributed by atoms with Crippen LogP contribution < -0.4 is 15.6 Å². The van der Waals surface area contributed by atoms with Gasteiger partial charge >= 0.3 is 6.61 Å². The molecule has 0 atom stereocenters. The molecule has 2 aromatic heterocycles. The van der Waals surface area contributed by atoms with E-state index in [4.69, 9.17) is 0 Å². The van der Waals surface area contributed by atoms with Crippen molar-refractivity contribution in [1.82, 2.24) is 19.2 Å². The fourth-order valence-corrected chi connectivity index (χ4v) is 5.82. The molecule has 1 aliphatic heterocycles. The van der Waals surface area contributed by atoms with Gasteiger partial charge in [0, 0.05) is 48.0 Å². The van der Waals surface area contributed by atoms with Crippen LogP contribution in [0.1, 0.15) is 40.2 Å². The zero-order chi connectivity index (χ0) is 26.9. The monoisotopic (exact) mass is 536 g/mol. The quantitative estimate of drug-likeness (QED) is 0.459. The number of alkyl halides is 2. The smallest absolute Gasteiger partial charge is 0.387 e. The van der Waals surface area contributed by atoms with Crippen molar-refractivity contribution < 1.29 is 26.7 Å². The second-order valence-corrected chi connectivity index (χ2v) is 11.4. The summed E-state index contributed by atoms with van der Waals surface area (Å²) in [6.07, 6.45) is 2.64. The third-order valence-corrected chi connectivity index (χ3v) is 8.12. The van der Waals surface area contributed by atoms with E-state index < -0.39 is 28.1 Å². The molecule has 9 nitrogen and oxygen atoms in total. The first kappa shape index (κ1) is 26.8. The number of H-pyrrole nitrogens is 1. The van der Waals surface area contributed by atoms with Crippen LogP contribution in [-0.2, 0) is 23.1 Å². The molecule has 200 valence electrons. The van der Waals surface area contributed by atoms with E-state index in [0.29, 0.717) is 43.7 Å². The number of hydrogen-bond donors (Lipinski definition) is 2. The van der Waals surface area contributed by atoms with Gasteiger partial charge in [0.15, 0.2) is 0 Å². The van der Waals surface area contributed by atoms with Crippen molar-refractivity contribution in [3.05, 3.63) is 63.2 Å². The van der Waals surface area contributed by atoms with Crippen LogP contribution in [0, 0.1) is 19.8 Å². The molecule has 3 aromatic rings. The van der Waals surface area contributed by atoms with E-state index in [0.717, 1.165) is 16.6 Å². The Hall–Kier alpha value is -3.25. The van der Waals surface area contributed by atoms with Crippen LogP contribution in [0.15, 0.2) is 35.1 Å². The van der Waals surface area contributed by atoms with Crippen LogP contribution in [-0.4, -0.2) is 54.1 Å². The average molecular weight is 537 g/mol. The number of carbonyl (C=O) groups is 1. The van der Waals surface area contributed by atoms with E-state index in [1.807, 2.05) is 31.2 Å². The summed E-state index contributed by atoms with van der Waals surface area (Å²) in [5.41, 5.74) is 1.67. The molecule has 0 unspecified atom stereocenters. The minimum Gasteiger partial charge on any atom is -0.434 e. The van der Waals surface area contributed by atoms with Gasteiger partial charge in [0.25, 0.3) is 11.5 Å². The summed E-state index contributed by atoms with van der Waals surface area (Å²) < 4.78 is 57.5. The van der Waals surface area contributed by atoms with E-state index in [1.54, 1.807) is 6.92 Å². The fourth-order valence-electron chi connectivity index (χ4n) is 4.95. The van der Waals surface area contributed by atoms with Crippen LogP contribution >= 0.6 is 0 Å². The van der Waals surface area contributed by atoms with Gasteiger partial charge in [-0.3, -0.25) is 9.59 Å². The van der Waals surface area contributed by atoms with Gasteiger partial charge < -0.3 is 19.6 Å². The molecule has 4 rings (SSSR count). The lowest BCUT2D eigenvalue weighted by Gasteiger charge is -2.30. The van der Waals surface area contributed by atoms with E-state index in [2.05, 4.69) is 19.6 Å². The number of benzene rings is 1. The summed E-state index contributed by atoms with van der Waals surface area (Å²) >= 11 is 0. The molecule has 1 amide bonds. The van der Waals surface area contributed by atoms with Gasteiger partial charge in [-0.05, 0) is 38.7 Å². The van der Waals surface area contributed by atoms with Crippen LogP contribution in [0.3, 0.4) is 0 Å². The number of ether oxygens (including phenoxy) is 1. The van der Waals surface area contributed by atoms with Crippen LogP contribution in [0.5, 0.6) is 5.75 Å². The molecule has 2 N–H and O–H groups in total. The van der Waals surface area contributed by atoms with E-state index in [-0.39, 0.29) is 23.8 Å². The van der Waals surface area contributed by atoms with Crippen molar-refractivity contribution in [3.63, 3.8) is 0 Å². The first-order chi connectivity index (χ1) is 17.5. The number of amides is 1. The fraction of sp³-hybridized carbons (Fsp3) is 0.440. The lowest BCUT2D eigenvalue weighted by molar-refractivity contribution is -0.0506. The first-order valence-corrected chi connectivity index (χ1v) is 13.8. The molecular formula is C25H30F2N4O5S. The minimum absolute atomic E-state index is 0.0988. The number of hydrogen-bond acceptors (Lipinski definition) is 5. The van der Waals surface area contributed by atoms with Gasteiger partial charge in [0.05, 0.1) is 23.9 Å². The maximum Gasteiger partial charge on any atom is 0.387 e. The van der Waals surface area contributed by atoms with Crippen molar-refractivity contribution in [3.8, 4) is 5.75 Å². The topological polar surface area (TPSA) is 114 Å². The maximum absolute atomic E-state index is 13.3. The van der Waals surface area contributed by atoms with Gasteiger partial charge in [0.2, 0.25) is 10.0 Å². The number of sulfonamides is 1. The summed E-state index contributed by atoms with van der Waals surface area (Å²) in [5.74, 6) is -0.484. The van der Waals surface area contributed by atoms with Gasteiger partial charge in [-0.15, -0.1) is 0 Å². The molecule has 1 saturated heterocycles. The molecular weight excluding hydrogens is 506 g/mol. The third-order valence-electron chi connectivity index (χ3n) is 6.81. The summed E-state index contributed by atoms with van der Waals surface area (Å²) in [4.78, 5) is 28.3. The van der Waals surface area contributed by atoms with Crippen molar-refractivity contribution in [2.75, 3.05) is 19.3 Å². The van der Waals surface area contributed by atoms with Gasteiger partial charge in [-0.25, -0.2) is 12.7 Å². The Morgan fingerprint density at radius 2 is 1.89 bits per heavy atom. The highest BCUT2D eigenvalue weighted by atomic mass is 32.2. The number of rotatable bonds is 8. The number of aromatic nitrogens is 2. The summed E-state index contributed by atoms with van der Waals surface area (Å²) in [6.45, 7) is 1.53. The number of pyridine rings is 1. The number of para-hydroxylation sites is 1. The Kier molecular flexibility index (Phi) is 7.69. The maximum atomic E-state index is 13.3. The SMILES string of the molecule is Cc1cc(OC(F)F)c(CNC(=O)c2c(C)n(CC3CCN(S(C)(=O)=O)CC3)c3ccccc23)c(=O)[nH]1. The number of aryl methyl sites for hydroxylation is 1. The molecule has 3 heterocycles. The molecule has 12 heteroatoms. The predicted octanol–water partition coefficient (Wildman–Crippen LogP) is 3.15. The number of carbonyl (C=O) groups excluding carboxylic acids is 1. The zero-order valence-electron chi connectivity index (χ0n) is 20.9. The van der Waals surface area contributed by atoms with E-state index >= 15 is 0 Å². The molecule has 1 fully saturated rings. The van der Waals surface area contributed by atoms with Crippen LogP contribution in [0.25, 0.3) is 10.9 Å². The minimum atomic E-state index is -3.22. The zero-order valence-corrected chi connectivity index (χ0v) is 21.7. The predicted molar refractivity (Wildman–Crippen MR) is 135 cm³/mol. The standard InChI is InChI=1S/C25H30F2N4O5S/c1-15-12-21(36-25(26)27)19(23(32)29-15)13-28-24(33)22-16(2)31(20-7-5-4-6-18(20)22)14-17-8-10-30(11-9-17)37(3,34)35/h4-7,12,17,25H,8-11,13-14H2,1-3H3,(H,28,33)(H,29,32). The highest BCUT2D eigenvalue weighted by Crippen LogP contribution is 2.29. The second-order valence-electron chi connectivity index (χ2n) is 9.38. The summed E-state index contributed by atoms with van der Waals surface area (Å²) in [7, 11) is -3.22. The number of nitrogens with one attached hydrogen (secondary N) is 2. The highest BCUT2D eigenvalue weighted by Gasteiger charge is 2.27. The Bertz CT molecular complexity index is 1470. The molecule has 0 aliphatic carbocycles.